The monoisotopic (exact) mass is 352 g/mol. The van der Waals surface area contributed by atoms with E-state index in [1.165, 1.54) is 12.1 Å². The average molecular weight is 352 g/mol. The SMILES string of the molecule is CC=CCCc1ccc(OC(F)(F)c2ccc(CC)c(F)c2F)cc1. The Hall–Kier alpha value is -2.30. The normalized spacial score (nSPS) is 11.9. The van der Waals surface area contributed by atoms with Crippen molar-refractivity contribution in [2.45, 2.75) is 39.2 Å². The summed E-state index contributed by atoms with van der Waals surface area (Å²) in [6, 6.07) is 8.15. The van der Waals surface area contributed by atoms with Crippen LogP contribution in [0.1, 0.15) is 37.0 Å². The van der Waals surface area contributed by atoms with Gasteiger partial charge in [0.25, 0.3) is 0 Å². The highest BCUT2D eigenvalue weighted by Crippen LogP contribution is 2.34. The second kappa shape index (κ2) is 8.19. The third-order valence-electron chi connectivity index (χ3n) is 3.86. The Morgan fingerprint density at radius 3 is 2.28 bits per heavy atom. The zero-order valence-electron chi connectivity index (χ0n) is 14.2. The molecule has 0 spiro atoms. The van der Waals surface area contributed by atoms with Crippen LogP contribution in [-0.4, -0.2) is 0 Å². The summed E-state index contributed by atoms with van der Waals surface area (Å²) in [5.74, 6) is -2.95. The van der Waals surface area contributed by atoms with Gasteiger partial charge in [-0.2, -0.15) is 8.78 Å². The first-order valence-corrected chi connectivity index (χ1v) is 8.13. The quantitative estimate of drug-likeness (QED) is 0.428. The molecule has 0 aliphatic rings. The minimum atomic E-state index is -3.97. The molecule has 0 N–H and O–H groups in total. The topological polar surface area (TPSA) is 9.23 Å². The molecule has 0 heterocycles. The summed E-state index contributed by atoms with van der Waals surface area (Å²) in [6.45, 7) is 3.54. The Labute approximate surface area is 144 Å². The van der Waals surface area contributed by atoms with E-state index in [1.807, 2.05) is 19.1 Å². The maximum atomic E-state index is 14.2. The van der Waals surface area contributed by atoms with Gasteiger partial charge in [0.2, 0.25) is 0 Å². The summed E-state index contributed by atoms with van der Waals surface area (Å²) >= 11 is 0. The lowest BCUT2D eigenvalue weighted by molar-refractivity contribution is -0.187. The number of rotatable bonds is 7. The van der Waals surface area contributed by atoms with E-state index in [4.69, 9.17) is 0 Å². The number of alkyl halides is 2. The Morgan fingerprint density at radius 2 is 1.68 bits per heavy atom. The van der Waals surface area contributed by atoms with E-state index in [1.54, 1.807) is 19.1 Å². The Kier molecular flexibility index (Phi) is 6.23. The van der Waals surface area contributed by atoms with Crippen LogP contribution in [0.15, 0.2) is 48.6 Å². The Morgan fingerprint density at radius 1 is 1.00 bits per heavy atom. The average Bonchev–Trinajstić information content (AvgIpc) is 2.58. The molecule has 2 aromatic carbocycles. The van der Waals surface area contributed by atoms with E-state index >= 15 is 0 Å². The summed E-state index contributed by atoms with van der Waals surface area (Å²) in [6.07, 6.45) is 1.82. The van der Waals surface area contributed by atoms with Crippen LogP contribution in [0.5, 0.6) is 5.75 Å². The fourth-order valence-corrected chi connectivity index (χ4v) is 2.43. The maximum absolute atomic E-state index is 14.2. The molecule has 0 saturated heterocycles. The molecule has 0 saturated carbocycles. The minimum Gasteiger partial charge on any atom is -0.429 e. The van der Waals surface area contributed by atoms with Gasteiger partial charge in [-0.25, -0.2) is 8.78 Å². The van der Waals surface area contributed by atoms with Crippen molar-refractivity contribution in [1.82, 2.24) is 0 Å². The van der Waals surface area contributed by atoms with Crippen LogP contribution in [0.4, 0.5) is 17.6 Å². The van der Waals surface area contributed by atoms with Crippen molar-refractivity contribution in [2.24, 2.45) is 0 Å². The lowest BCUT2D eigenvalue weighted by Crippen LogP contribution is -2.24. The van der Waals surface area contributed by atoms with Crippen LogP contribution >= 0.6 is 0 Å². The second-order valence-electron chi connectivity index (χ2n) is 5.62. The fourth-order valence-electron chi connectivity index (χ4n) is 2.43. The fraction of sp³-hybridized carbons (Fsp3) is 0.300. The third kappa shape index (κ3) is 4.62. The Balaban J connectivity index is 2.17. The van der Waals surface area contributed by atoms with E-state index in [0.29, 0.717) is 0 Å². The summed E-state index contributed by atoms with van der Waals surface area (Å²) in [5.41, 5.74) is -0.0971. The van der Waals surface area contributed by atoms with Crippen LogP contribution in [0.3, 0.4) is 0 Å². The molecule has 0 radical (unpaired) electrons. The first-order chi connectivity index (χ1) is 11.9. The summed E-state index contributed by atoms with van der Waals surface area (Å²) < 4.78 is 60.8. The molecule has 2 aromatic rings. The van der Waals surface area contributed by atoms with Gasteiger partial charge >= 0.3 is 6.11 Å². The number of hydrogen-bond acceptors (Lipinski definition) is 1. The number of benzene rings is 2. The number of aryl methyl sites for hydroxylation is 2. The molecule has 0 fully saturated rings. The number of ether oxygens (including phenoxy) is 1. The molecule has 0 amide bonds. The van der Waals surface area contributed by atoms with Gasteiger partial charge in [0.05, 0.1) is 0 Å². The van der Waals surface area contributed by atoms with E-state index < -0.39 is 23.3 Å². The molecule has 25 heavy (non-hydrogen) atoms. The molecule has 0 atom stereocenters. The van der Waals surface area contributed by atoms with Crippen molar-refractivity contribution in [3.63, 3.8) is 0 Å². The second-order valence-corrected chi connectivity index (χ2v) is 5.62. The molecule has 0 bridgehead atoms. The molecule has 2 rings (SSSR count). The maximum Gasteiger partial charge on any atom is 0.429 e. The molecular formula is C20H20F4O. The smallest absolute Gasteiger partial charge is 0.429 e. The highest BCUT2D eigenvalue weighted by Gasteiger charge is 2.39. The summed E-state index contributed by atoms with van der Waals surface area (Å²) in [4.78, 5) is 0. The number of halogens is 4. The zero-order chi connectivity index (χ0) is 18.4. The highest BCUT2D eigenvalue weighted by molar-refractivity contribution is 5.31. The molecule has 0 unspecified atom stereocenters. The van der Waals surface area contributed by atoms with Gasteiger partial charge in [0.1, 0.15) is 11.3 Å². The van der Waals surface area contributed by atoms with Crippen LogP contribution in [-0.2, 0) is 19.0 Å². The highest BCUT2D eigenvalue weighted by atomic mass is 19.3. The predicted molar refractivity (Wildman–Crippen MR) is 89.8 cm³/mol. The summed E-state index contributed by atoms with van der Waals surface area (Å²) in [5, 5.41) is 0. The molecule has 0 aliphatic heterocycles. The molecule has 1 nitrogen and oxygen atoms in total. The van der Waals surface area contributed by atoms with Crippen molar-refractivity contribution < 1.29 is 22.3 Å². The molecule has 134 valence electrons. The van der Waals surface area contributed by atoms with Crippen molar-refractivity contribution in [2.75, 3.05) is 0 Å². The first kappa shape index (κ1) is 19.0. The van der Waals surface area contributed by atoms with Gasteiger partial charge in [0, 0.05) is 0 Å². The molecule has 0 aliphatic carbocycles. The zero-order valence-corrected chi connectivity index (χ0v) is 14.2. The number of allylic oxidation sites excluding steroid dienone is 2. The van der Waals surface area contributed by atoms with Crippen molar-refractivity contribution >= 4 is 0 Å². The van der Waals surface area contributed by atoms with Gasteiger partial charge in [-0.1, -0.05) is 37.3 Å². The standard InChI is InChI=1S/C20H20F4O/c1-3-5-6-7-14-8-11-16(12-9-14)25-20(23,24)17-13-10-15(4-2)18(21)19(17)22/h3,5,8-13H,4,6-7H2,1-2H3. The minimum absolute atomic E-state index is 0.0440. The largest absolute Gasteiger partial charge is 0.429 e. The lowest BCUT2D eigenvalue weighted by atomic mass is 10.1. The van der Waals surface area contributed by atoms with Gasteiger partial charge in [-0.3, -0.25) is 0 Å². The first-order valence-electron chi connectivity index (χ1n) is 8.13. The van der Waals surface area contributed by atoms with E-state index in [0.717, 1.165) is 30.5 Å². The van der Waals surface area contributed by atoms with Crippen LogP contribution < -0.4 is 4.74 Å². The third-order valence-corrected chi connectivity index (χ3v) is 3.86. The van der Waals surface area contributed by atoms with Crippen LogP contribution in [0, 0.1) is 11.6 Å². The van der Waals surface area contributed by atoms with Crippen LogP contribution in [0.2, 0.25) is 0 Å². The van der Waals surface area contributed by atoms with Gasteiger partial charge in [0.15, 0.2) is 11.6 Å². The van der Waals surface area contributed by atoms with Crippen molar-refractivity contribution in [3.8, 4) is 5.75 Å². The number of hydrogen-bond donors (Lipinski definition) is 0. The van der Waals surface area contributed by atoms with Gasteiger partial charge < -0.3 is 4.74 Å². The lowest BCUT2D eigenvalue weighted by Gasteiger charge is -2.19. The predicted octanol–water partition coefficient (Wildman–Crippen LogP) is 6.16. The van der Waals surface area contributed by atoms with E-state index in [9.17, 15) is 17.6 Å². The molecule has 0 aromatic heterocycles. The van der Waals surface area contributed by atoms with Crippen molar-refractivity contribution in [1.29, 1.82) is 0 Å². The Bertz CT molecular complexity index is 736. The van der Waals surface area contributed by atoms with E-state index in [-0.39, 0.29) is 17.7 Å². The molecule has 5 heteroatoms. The molecular weight excluding hydrogens is 332 g/mol. The van der Waals surface area contributed by atoms with Crippen molar-refractivity contribution in [3.05, 3.63) is 76.9 Å². The van der Waals surface area contributed by atoms with E-state index in [2.05, 4.69) is 4.74 Å². The van der Waals surface area contributed by atoms with Crippen LogP contribution in [0.25, 0.3) is 0 Å². The van der Waals surface area contributed by atoms with Gasteiger partial charge in [-0.05, 0) is 55.5 Å². The summed E-state index contributed by atoms with van der Waals surface area (Å²) in [7, 11) is 0. The van der Waals surface area contributed by atoms with Gasteiger partial charge in [-0.15, -0.1) is 0 Å².